The summed E-state index contributed by atoms with van der Waals surface area (Å²) in [5.41, 5.74) is 4.03. The smallest absolute Gasteiger partial charge is 0.262 e. The minimum atomic E-state index is -0.148. The summed E-state index contributed by atoms with van der Waals surface area (Å²) in [6.07, 6.45) is 3.40. The Morgan fingerprint density at radius 1 is 0.969 bits per heavy atom. The predicted octanol–water partition coefficient (Wildman–Crippen LogP) is 5.41. The van der Waals surface area contributed by atoms with E-state index in [0.717, 1.165) is 47.0 Å². The normalized spacial score (nSPS) is 11.0. The van der Waals surface area contributed by atoms with Gasteiger partial charge in [0, 0.05) is 34.6 Å². The number of hydrogen-bond donors (Lipinski definition) is 1. The van der Waals surface area contributed by atoms with Crippen LogP contribution in [-0.4, -0.2) is 28.7 Å². The van der Waals surface area contributed by atoms with E-state index in [0.29, 0.717) is 23.6 Å². The average Bonchev–Trinajstić information content (AvgIpc) is 3.01. The monoisotopic (exact) mass is 452 g/mol. The zero-order chi connectivity index (χ0) is 23.3. The summed E-state index contributed by atoms with van der Waals surface area (Å²) in [6.45, 7) is 6.06. The van der Waals surface area contributed by atoms with E-state index >= 15 is 0 Å². The van der Waals surface area contributed by atoms with Crippen molar-refractivity contribution in [3.8, 4) is 0 Å². The zero-order valence-corrected chi connectivity index (χ0v) is 19.6. The fraction of sp³-hybridized carbons (Fsp3) is 0.346. The molecule has 0 aliphatic rings. The highest BCUT2D eigenvalue weighted by Gasteiger charge is 2.21. The number of carbonyl (C=O) groups excluding carboxylic acids is 3. The first-order chi connectivity index (χ1) is 15.3. The second-order valence-corrected chi connectivity index (χ2v) is 8.71. The molecular weight excluding hydrogens is 424 g/mol. The van der Waals surface area contributed by atoms with Gasteiger partial charge in [-0.3, -0.25) is 14.2 Å². The molecule has 0 fully saturated rings. The van der Waals surface area contributed by atoms with Crippen LogP contribution in [0.5, 0.6) is 0 Å². The minimum absolute atomic E-state index is 0.0702. The summed E-state index contributed by atoms with van der Waals surface area (Å²) >= 11 is 5.97. The first kappa shape index (κ1) is 23.7. The van der Waals surface area contributed by atoms with Crippen LogP contribution >= 0.6 is 11.6 Å². The van der Waals surface area contributed by atoms with E-state index in [-0.39, 0.29) is 24.0 Å². The van der Waals surface area contributed by atoms with Gasteiger partial charge in [0.25, 0.3) is 5.91 Å². The van der Waals surface area contributed by atoms with Crippen molar-refractivity contribution in [3.63, 3.8) is 0 Å². The van der Waals surface area contributed by atoms with Crippen LogP contribution in [0.15, 0.2) is 42.5 Å². The van der Waals surface area contributed by atoms with E-state index in [1.807, 2.05) is 32.0 Å². The van der Waals surface area contributed by atoms with Crippen LogP contribution < -0.4 is 5.32 Å². The third kappa shape index (κ3) is 5.65. The van der Waals surface area contributed by atoms with Crippen LogP contribution in [0.4, 0.5) is 0 Å². The lowest BCUT2D eigenvalue weighted by Crippen LogP contribution is -2.26. The predicted molar refractivity (Wildman–Crippen MR) is 128 cm³/mol. The molecule has 0 saturated heterocycles. The number of ketones is 1. The number of fused-ring (bicyclic) bond motifs is 1. The van der Waals surface area contributed by atoms with Crippen LogP contribution in [0.1, 0.15) is 59.8 Å². The van der Waals surface area contributed by atoms with Crippen molar-refractivity contribution in [2.75, 3.05) is 6.54 Å². The van der Waals surface area contributed by atoms with Crippen molar-refractivity contribution in [1.29, 1.82) is 0 Å². The third-order valence-electron chi connectivity index (χ3n) is 5.65. The topological polar surface area (TPSA) is 68.2 Å². The van der Waals surface area contributed by atoms with E-state index in [2.05, 4.69) is 5.32 Å². The molecule has 3 rings (SSSR count). The van der Waals surface area contributed by atoms with Crippen molar-refractivity contribution >= 4 is 40.1 Å². The van der Waals surface area contributed by atoms with Crippen LogP contribution in [0.2, 0.25) is 5.02 Å². The van der Waals surface area contributed by atoms with Gasteiger partial charge in [-0.1, -0.05) is 29.7 Å². The average molecular weight is 453 g/mol. The first-order valence-electron chi connectivity index (χ1n) is 10.9. The number of unbranched alkanes of at least 4 members (excludes halogenated alkanes) is 2. The van der Waals surface area contributed by atoms with Gasteiger partial charge in [-0.15, -0.1) is 0 Å². The molecule has 0 aliphatic carbocycles. The molecule has 0 radical (unpaired) electrons. The Balaban J connectivity index is 1.80. The van der Waals surface area contributed by atoms with Crippen LogP contribution in [0.3, 0.4) is 0 Å². The number of rotatable bonds is 9. The van der Waals surface area contributed by atoms with E-state index in [1.54, 1.807) is 35.8 Å². The highest BCUT2D eigenvalue weighted by molar-refractivity contribution is 6.30. The van der Waals surface area contributed by atoms with E-state index in [4.69, 9.17) is 11.6 Å². The molecule has 1 aromatic heterocycles. The van der Waals surface area contributed by atoms with Gasteiger partial charge >= 0.3 is 0 Å². The number of aromatic nitrogens is 1. The minimum Gasteiger partial charge on any atom is -0.356 e. The first-order valence-corrected chi connectivity index (χ1v) is 11.3. The van der Waals surface area contributed by atoms with E-state index in [9.17, 15) is 14.4 Å². The summed E-state index contributed by atoms with van der Waals surface area (Å²) in [4.78, 5) is 36.9. The molecule has 6 heteroatoms. The van der Waals surface area contributed by atoms with Crippen molar-refractivity contribution in [2.24, 2.45) is 0 Å². The molecule has 2 aromatic carbocycles. The largest absolute Gasteiger partial charge is 0.356 e. The summed E-state index contributed by atoms with van der Waals surface area (Å²) in [5, 5.41) is 4.46. The zero-order valence-electron chi connectivity index (χ0n) is 18.8. The second-order valence-electron chi connectivity index (χ2n) is 8.27. The third-order valence-corrected chi connectivity index (χ3v) is 5.90. The molecule has 0 bridgehead atoms. The van der Waals surface area contributed by atoms with Crippen molar-refractivity contribution in [3.05, 3.63) is 69.9 Å². The summed E-state index contributed by atoms with van der Waals surface area (Å²) in [6, 6.07) is 12.7. The Morgan fingerprint density at radius 2 is 1.69 bits per heavy atom. The van der Waals surface area contributed by atoms with Gasteiger partial charge in [0.1, 0.15) is 5.78 Å². The number of benzene rings is 2. The van der Waals surface area contributed by atoms with Gasteiger partial charge in [0.05, 0.1) is 11.9 Å². The Hall–Kier alpha value is -2.92. The molecule has 0 unspecified atom stereocenters. The lowest BCUT2D eigenvalue weighted by atomic mass is 10.1. The number of nitrogens with one attached hydrogen (secondary N) is 1. The number of hydrogen-bond acceptors (Lipinski definition) is 3. The number of nitrogens with zero attached hydrogens (tertiary/aromatic N) is 1. The summed E-state index contributed by atoms with van der Waals surface area (Å²) < 4.78 is 1.68. The van der Waals surface area contributed by atoms with Crippen molar-refractivity contribution in [1.82, 2.24) is 9.88 Å². The molecule has 0 atom stereocenters. The molecule has 3 aromatic rings. The van der Waals surface area contributed by atoms with Gasteiger partial charge in [0.15, 0.2) is 0 Å². The summed E-state index contributed by atoms with van der Waals surface area (Å²) in [5.74, 6) is -0.0198. The maximum atomic E-state index is 13.3. The van der Waals surface area contributed by atoms with Gasteiger partial charge in [-0.05, 0) is 75.6 Å². The highest BCUT2D eigenvalue weighted by atomic mass is 35.5. The molecule has 168 valence electrons. The van der Waals surface area contributed by atoms with E-state index < -0.39 is 0 Å². The molecule has 1 N–H and O–H groups in total. The molecular formula is C26H29ClN2O3. The van der Waals surface area contributed by atoms with Crippen LogP contribution in [-0.2, 0) is 16.0 Å². The Morgan fingerprint density at radius 3 is 2.38 bits per heavy atom. The number of carbonyl (C=O) groups is 3. The SMILES string of the molecule is CC(=O)CCCCCNC(=O)Cc1c(C)n(C(=O)c2ccc(Cl)cc2)c2ccc(C)cc12. The lowest BCUT2D eigenvalue weighted by molar-refractivity contribution is -0.120. The maximum Gasteiger partial charge on any atom is 0.262 e. The number of amides is 1. The maximum absolute atomic E-state index is 13.3. The number of aryl methyl sites for hydroxylation is 1. The highest BCUT2D eigenvalue weighted by Crippen LogP contribution is 2.28. The molecule has 0 saturated carbocycles. The molecule has 0 spiro atoms. The Labute approximate surface area is 193 Å². The number of Topliss-reactive ketones (excluding diaryl/α,β-unsaturated/α-hetero) is 1. The fourth-order valence-corrected chi connectivity index (χ4v) is 4.06. The quantitative estimate of drug-likeness (QED) is 0.441. The Kier molecular flexibility index (Phi) is 7.86. The summed E-state index contributed by atoms with van der Waals surface area (Å²) in [7, 11) is 0. The van der Waals surface area contributed by atoms with Crippen molar-refractivity contribution in [2.45, 2.75) is 52.9 Å². The van der Waals surface area contributed by atoms with Crippen LogP contribution in [0, 0.1) is 13.8 Å². The van der Waals surface area contributed by atoms with Gasteiger partial charge in [0.2, 0.25) is 5.91 Å². The van der Waals surface area contributed by atoms with Crippen molar-refractivity contribution < 1.29 is 14.4 Å². The molecule has 1 amide bonds. The molecule has 32 heavy (non-hydrogen) atoms. The van der Waals surface area contributed by atoms with E-state index in [1.165, 1.54) is 0 Å². The standard InChI is InChI=1S/C26H29ClN2O3/c1-17-8-13-24-23(15-17)22(16-25(31)28-14-6-4-5-7-18(2)30)19(3)29(24)26(32)20-9-11-21(27)12-10-20/h8-13,15H,4-7,14,16H2,1-3H3,(H,28,31). The second kappa shape index (κ2) is 10.6. The fourth-order valence-electron chi connectivity index (χ4n) is 3.93. The molecule has 5 nitrogen and oxygen atoms in total. The lowest BCUT2D eigenvalue weighted by Gasteiger charge is -2.08. The molecule has 0 aliphatic heterocycles. The van der Waals surface area contributed by atoms with Gasteiger partial charge in [-0.25, -0.2) is 0 Å². The molecule has 1 heterocycles. The van der Waals surface area contributed by atoms with Gasteiger partial charge < -0.3 is 10.1 Å². The Bertz CT molecular complexity index is 1150. The van der Waals surface area contributed by atoms with Crippen LogP contribution in [0.25, 0.3) is 10.9 Å². The van der Waals surface area contributed by atoms with Gasteiger partial charge in [-0.2, -0.15) is 0 Å². The number of halogens is 1.